The van der Waals surface area contributed by atoms with E-state index in [1.807, 2.05) is 53.4 Å². The van der Waals surface area contributed by atoms with Gasteiger partial charge in [0, 0.05) is 62.9 Å². The Morgan fingerprint density at radius 3 is 2.29 bits per heavy atom. The van der Waals surface area contributed by atoms with Gasteiger partial charge in [0.25, 0.3) is 11.8 Å². The second kappa shape index (κ2) is 13.6. The monoisotopic (exact) mass is 570 g/mol. The molecule has 0 atom stereocenters. The zero-order chi connectivity index (χ0) is 28.6. The van der Waals surface area contributed by atoms with E-state index in [0.29, 0.717) is 29.9 Å². The number of piperidine rings is 1. The molecule has 2 fully saturated rings. The molecule has 0 saturated carbocycles. The number of hydrogen-bond acceptors (Lipinski definition) is 8. The van der Waals surface area contributed by atoms with Crippen LogP contribution in [0.15, 0.2) is 71.8 Å². The summed E-state index contributed by atoms with van der Waals surface area (Å²) in [6.45, 7) is 5.41. The van der Waals surface area contributed by atoms with E-state index in [-0.39, 0.29) is 17.9 Å². The van der Waals surface area contributed by atoms with E-state index in [4.69, 9.17) is 10.00 Å². The van der Waals surface area contributed by atoms with E-state index in [1.54, 1.807) is 31.2 Å². The molecule has 1 N–H and O–H groups in total. The smallest absolute Gasteiger partial charge is 0.270 e. The summed E-state index contributed by atoms with van der Waals surface area (Å²) < 4.78 is 7.48. The first kappa shape index (κ1) is 28.6. The number of rotatable bonds is 8. The highest BCUT2D eigenvalue weighted by Gasteiger charge is 2.24. The highest BCUT2D eigenvalue weighted by molar-refractivity contribution is 7.97. The molecule has 2 aliphatic rings. The highest BCUT2D eigenvalue weighted by Crippen LogP contribution is 2.26. The second-order valence-electron chi connectivity index (χ2n) is 10.3. The van der Waals surface area contributed by atoms with Gasteiger partial charge in [-0.05, 0) is 78.9 Å². The molecule has 0 spiro atoms. The Balaban J connectivity index is 1.05. The first-order valence-electron chi connectivity index (χ1n) is 13.9. The number of piperazine rings is 1. The van der Waals surface area contributed by atoms with Crippen molar-refractivity contribution in [2.45, 2.75) is 30.3 Å². The molecular formula is C31H34N6O3S. The number of ether oxygens (including phenoxy) is 1. The summed E-state index contributed by atoms with van der Waals surface area (Å²) in [6, 6.07) is 21.2. The van der Waals surface area contributed by atoms with E-state index >= 15 is 0 Å². The first-order chi connectivity index (χ1) is 20.0. The molecule has 10 heteroatoms. The number of benzene rings is 2. The van der Waals surface area contributed by atoms with Crippen molar-refractivity contribution in [1.82, 2.24) is 24.4 Å². The minimum Gasteiger partial charge on any atom is -0.497 e. The number of nitrogens with one attached hydrogen (secondary N) is 1. The van der Waals surface area contributed by atoms with Gasteiger partial charge in [-0.2, -0.15) is 5.26 Å². The number of pyridine rings is 1. The van der Waals surface area contributed by atoms with Crippen LogP contribution in [-0.4, -0.2) is 83.3 Å². The molecule has 2 amide bonds. The Kier molecular flexibility index (Phi) is 9.51. The summed E-state index contributed by atoms with van der Waals surface area (Å²) in [4.78, 5) is 35.5. The lowest BCUT2D eigenvalue weighted by atomic mass is 10.0. The first-order valence-corrected chi connectivity index (χ1v) is 14.6. The van der Waals surface area contributed by atoms with Gasteiger partial charge in [0.15, 0.2) is 0 Å². The van der Waals surface area contributed by atoms with Crippen molar-refractivity contribution < 1.29 is 14.3 Å². The molecule has 1 aromatic heterocycles. The van der Waals surface area contributed by atoms with Crippen LogP contribution in [-0.2, 0) is 6.54 Å². The van der Waals surface area contributed by atoms with Crippen molar-refractivity contribution in [2.24, 2.45) is 0 Å². The molecule has 9 nitrogen and oxygen atoms in total. The molecule has 212 valence electrons. The lowest BCUT2D eigenvalue weighted by Crippen LogP contribution is -2.46. The molecule has 3 heterocycles. The largest absolute Gasteiger partial charge is 0.497 e. The van der Waals surface area contributed by atoms with Crippen LogP contribution in [0.5, 0.6) is 5.75 Å². The minimum absolute atomic E-state index is 0.0619. The van der Waals surface area contributed by atoms with Crippen LogP contribution in [0.1, 0.15) is 44.8 Å². The summed E-state index contributed by atoms with van der Waals surface area (Å²) in [7, 11) is 1.66. The van der Waals surface area contributed by atoms with E-state index in [2.05, 4.69) is 25.6 Å². The Morgan fingerprint density at radius 2 is 1.68 bits per heavy atom. The van der Waals surface area contributed by atoms with Crippen LogP contribution in [0.3, 0.4) is 0 Å². The van der Waals surface area contributed by atoms with E-state index < -0.39 is 0 Å². The molecule has 0 aliphatic carbocycles. The SMILES string of the molecule is COc1ccc(SN2CCN(C(=O)c3ccc(C(=O)NC4CCN(Cc5ccc(C#N)cc5)CC4)nc3)CC2)cc1. The third-order valence-electron chi connectivity index (χ3n) is 7.47. The number of likely N-dealkylation sites (tertiary alicyclic amines) is 1. The Bertz CT molecular complexity index is 1360. The highest BCUT2D eigenvalue weighted by atomic mass is 32.2. The van der Waals surface area contributed by atoms with Crippen molar-refractivity contribution in [3.05, 3.63) is 89.2 Å². The number of aromatic nitrogens is 1. The molecule has 2 aromatic carbocycles. The topological polar surface area (TPSA) is 102 Å². The Hall–Kier alpha value is -3.91. The number of nitrogens with zero attached hydrogens (tertiary/aromatic N) is 5. The third-order valence-corrected chi connectivity index (χ3v) is 8.58. The fourth-order valence-electron chi connectivity index (χ4n) is 5.04. The van der Waals surface area contributed by atoms with Gasteiger partial charge in [0.1, 0.15) is 11.4 Å². The predicted molar refractivity (Wildman–Crippen MR) is 157 cm³/mol. The van der Waals surface area contributed by atoms with Gasteiger partial charge in [-0.1, -0.05) is 12.1 Å². The van der Waals surface area contributed by atoms with Crippen LogP contribution in [0.25, 0.3) is 0 Å². The second-order valence-corrected chi connectivity index (χ2v) is 11.4. The van der Waals surface area contributed by atoms with Crippen LogP contribution < -0.4 is 10.1 Å². The summed E-state index contributed by atoms with van der Waals surface area (Å²) in [5.41, 5.74) is 2.66. The van der Waals surface area contributed by atoms with Crippen LogP contribution in [0.2, 0.25) is 0 Å². The number of nitriles is 1. The van der Waals surface area contributed by atoms with Gasteiger partial charge in [-0.15, -0.1) is 0 Å². The molecule has 2 saturated heterocycles. The lowest BCUT2D eigenvalue weighted by molar-refractivity contribution is 0.0702. The minimum atomic E-state index is -0.210. The zero-order valence-electron chi connectivity index (χ0n) is 23.2. The molecule has 41 heavy (non-hydrogen) atoms. The Morgan fingerprint density at radius 1 is 0.976 bits per heavy atom. The summed E-state index contributed by atoms with van der Waals surface area (Å²) in [5, 5.41) is 12.1. The molecule has 0 unspecified atom stereocenters. The van der Waals surface area contributed by atoms with Gasteiger partial charge in [-0.3, -0.25) is 19.5 Å². The maximum absolute atomic E-state index is 13.1. The van der Waals surface area contributed by atoms with E-state index in [1.165, 1.54) is 11.8 Å². The molecular weight excluding hydrogens is 536 g/mol. The summed E-state index contributed by atoms with van der Waals surface area (Å²) in [6.07, 6.45) is 3.23. The average Bonchev–Trinajstić information content (AvgIpc) is 3.03. The fourth-order valence-corrected chi connectivity index (χ4v) is 5.94. The van der Waals surface area contributed by atoms with Gasteiger partial charge in [0.2, 0.25) is 0 Å². The van der Waals surface area contributed by atoms with E-state index in [9.17, 15) is 9.59 Å². The number of amides is 2. The summed E-state index contributed by atoms with van der Waals surface area (Å²) in [5.74, 6) is 0.562. The van der Waals surface area contributed by atoms with Crippen molar-refractivity contribution in [2.75, 3.05) is 46.4 Å². The maximum Gasteiger partial charge on any atom is 0.270 e. The van der Waals surface area contributed by atoms with Gasteiger partial charge >= 0.3 is 0 Å². The number of carbonyl (C=O) groups excluding carboxylic acids is 2. The quantitative estimate of drug-likeness (QED) is 0.408. The number of hydrogen-bond donors (Lipinski definition) is 1. The summed E-state index contributed by atoms with van der Waals surface area (Å²) >= 11 is 1.68. The average molecular weight is 571 g/mol. The zero-order valence-corrected chi connectivity index (χ0v) is 24.0. The molecule has 2 aliphatic heterocycles. The van der Waals surface area contributed by atoms with Crippen molar-refractivity contribution in [1.29, 1.82) is 5.26 Å². The van der Waals surface area contributed by atoms with Gasteiger partial charge < -0.3 is 15.0 Å². The van der Waals surface area contributed by atoms with Crippen LogP contribution in [0.4, 0.5) is 0 Å². The van der Waals surface area contributed by atoms with E-state index in [0.717, 1.165) is 56.2 Å². The van der Waals surface area contributed by atoms with Crippen LogP contribution in [0, 0.1) is 11.3 Å². The van der Waals surface area contributed by atoms with Crippen molar-refractivity contribution in [3.63, 3.8) is 0 Å². The molecule has 0 bridgehead atoms. The molecule has 5 rings (SSSR count). The predicted octanol–water partition coefficient (Wildman–Crippen LogP) is 3.82. The third kappa shape index (κ3) is 7.64. The van der Waals surface area contributed by atoms with Gasteiger partial charge in [-0.25, -0.2) is 4.31 Å². The van der Waals surface area contributed by atoms with Crippen molar-refractivity contribution >= 4 is 23.8 Å². The van der Waals surface area contributed by atoms with Crippen LogP contribution >= 0.6 is 11.9 Å². The fraction of sp³-hybridized carbons (Fsp3) is 0.355. The Labute approximate surface area is 245 Å². The molecule has 0 radical (unpaired) electrons. The standard InChI is InChI=1S/C31H34N6O3S/c1-40-27-7-9-28(10-8-27)41-37-18-16-36(17-19-37)31(39)25-6-11-29(33-21-25)30(38)34-26-12-14-35(15-13-26)22-24-4-2-23(20-32)3-5-24/h2-11,21,26H,12-19,22H2,1H3,(H,34,38). The maximum atomic E-state index is 13.1. The lowest BCUT2D eigenvalue weighted by Gasteiger charge is -2.34. The normalized spacial score (nSPS) is 16.6. The van der Waals surface area contributed by atoms with Gasteiger partial charge in [0.05, 0.1) is 24.3 Å². The molecule has 3 aromatic rings. The number of methoxy groups -OCH3 is 1. The van der Waals surface area contributed by atoms with Crippen molar-refractivity contribution in [3.8, 4) is 11.8 Å². The number of carbonyl (C=O) groups is 2.